The van der Waals surface area contributed by atoms with Gasteiger partial charge < -0.3 is 10.2 Å². The topological polar surface area (TPSA) is 43.4 Å². The molecule has 1 N–H and O–H groups in total. The number of hydrogen-bond acceptors (Lipinski definition) is 3. The van der Waals surface area contributed by atoms with Crippen LogP contribution in [0.25, 0.3) is 4.85 Å². The van der Waals surface area contributed by atoms with Crippen molar-refractivity contribution >= 4 is 34.1 Å². The van der Waals surface area contributed by atoms with Gasteiger partial charge in [-0.15, -0.1) is 0 Å². The standard InChI is InChI=1S/C26H18N4/c1-28-21-12-16-25(17-13-21)30(24-14-10-20(19-27)11-15-24)26-9-5-8-23(18-26)29-22-6-3-2-4-7-22/h2-18,29H. The molecule has 0 aliphatic heterocycles. The summed E-state index contributed by atoms with van der Waals surface area (Å²) in [5, 5.41) is 12.6. The van der Waals surface area contributed by atoms with E-state index in [1.807, 2.05) is 97.1 Å². The zero-order chi connectivity index (χ0) is 20.8. The first-order chi connectivity index (χ1) is 14.8. The lowest BCUT2D eigenvalue weighted by Crippen LogP contribution is -2.10. The molecule has 4 nitrogen and oxygen atoms in total. The minimum atomic E-state index is 0.595. The molecule has 0 radical (unpaired) electrons. The van der Waals surface area contributed by atoms with E-state index in [4.69, 9.17) is 11.8 Å². The smallest absolute Gasteiger partial charge is 0.187 e. The molecule has 0 aliphatic carbocycles. The molecule has 0 unspecified atom stereocenters. The van der Waals surface area contributed by atoms with E-state index < -0.39 is 0 Å². The lowest BCUT2D eigenvalue weighted by atomic mass is 10.1. The maximum Gasteiger partial charge on any atom is 0.187 e. The summed E-state index contributed by atoms with van der Waals surface area (Å²) in [7, 11) is 0. The average Bonchev–Trinajstić information content (AvgIpc) is 2.81. The second-order valence-corrected chi connectivity index (χ2v) is 6.66. The van der Waals surface area contributed by atoms with Gasteiger partial charge in [0.2, 0.25) is 0 Å². The lowest BCUT2D eigenvalue weighted by molar-refractivity contribution is 1.28. The molecule has 0 fully saturated rings. The summed E-state index contributed by atoms with van der Waals surface area (Å²) >= 11 is 0. The van der Waals surface area contributed by atoms with Crippen molar-refractivity contribution in [3.05, 3.63) is 120 Å². The Morgan fingerprint density at radius 1 is 0.700 bits per heavy atom. The van der Waals surface area contributed by atoms with Gasteiger partial charge in [-0.3, -0.25) is 0 Å². The van der Waals surface area contributed by atoms with Crippen molar-refractivity contribution in [2.75, 3.05) is 10.2 Å². The van der Waals surface area contributed by atoms with Gasteiger partial charge in [0.15, 0.2) is 5.69 Å². The Balaban J connectivity index is 1.76. The summed E-state index contributed by atoms with van der Waals surface area (Å²) in [6.07, 6.45) is 0. The molecule has 0 saturated heterocycles. The van der Waals surface area contributed by atoms with Gasteiger partial charge in [-0.05, 0) is 66.7 Å². The predicted octanol–water partition coefficient (Wildman–Crippen LogP) is 7.32. The fraction of sp³-hybridized carbons (Fsp3) is 0. The number of benzene rings is 4. The van der Waals surface area contributed by atoms with Gasteiger partial charge in [0.1, 0.15) is 0 Å². The lowest BCUT2D eigenvalue weighted by Gasteiger charge is -2.26. The molecule has 0 bridgehead atoms. The highest BCUT2D eigenvalue weighted by Crippen LogP contribution is 2.36. The maximum absolute atomic E-state index is 9.14. The Morgan fingerprint density at radius 3 is 1.97 bits per heavy atom. The van der Waals surface area contributed by atoms with Gasteiger partial charge in [-0.25, -0.2) is 4.85 Å². The molecule has 0 spiro atoms. The quantitative estimate of drug-likeness (QED) is 0.365. The van der Waals surface area contributed by atoms with Crippen LogP contribution >= 0.6 is 0 Å². The third-order valence-corrected chi connectivity index (χ3v) is 4.66. The van der Waals surface area contributed by atoms with E-state index in [0.29, 0.717) is 11.3 Å². The number of para-hydroxylation sites is 1. The predicted molar refractivity (Wildman–Crippen MR) is 122 cm³/mol. The van der Waals surface area contributed by atoms with Crippen LogP contribution < -0.4 is 10.2 Å². The monoisotopic (exact) mass is 386 g/mol. The van der Waals surface area contributed by atoms with E-state index in [-0.39, 0.29) is 0 Å². The van der Waals surface area contributed by atoms with E-state index in [1.54, 1.807) is 0 Å². The number of nitrogens with one attached hydrogen (secondary N) is 1. The second-order valence-electron chi connectivity index (χ2n) is 6.66. The van der Waals surface area contributed by atoms with Crippen molar-refractivity contribution in [3.8, 4) is 6.07 Å². The van der Waals surface area contributed by atoms with E-state index in [1.165, 1.54) is 0 Å². The van der Waals surface area contributed by atoms with Gasteiger partial charge in [-0.1, -0.05) is 36.4 Å². The summed E-state index contributed by atoms with van der Waals surface area (Å²) in [4.78, 5) is 5.59. The fourth-order valence-electron chi connectivity index (χ4n) is 3.22. The average molecular weight is 386 g/mol. The Hall–Kier alpha value is -4.54. The van der Waals surface area contributed by atoms with E-state index in [2.05, 4.69) is 27.2 Å². The Bertz CT molecular complexity index is 1160. The van der Waals surface area contributed by atoms with Crippen molar-refractivity contribution in [2.24, 2.45) is 0 Å². The summed E-state index contributed by atoms with van der Waals surface area (Å²) in [5.41, 5.74) is 6.03. The molecular formula is C26H18N4. The first kappa shape index (κ1) is 18.8. The number of nitrogens with zero attached hydrogens (tertiary/aromatic N) is 3. The highest BCUT2D eigenvalue weighted by molar-refractivity contribution is 5.80. The van der Waals surface area contributed by atoms with Crippen LogP contribution in [-0.2, 0) is 0 Å². The van der Waals surface area contributed by atoms with Crippen molar-refractivity contribution in [2.45, 2.75) is 0 Å². The molecule has 0 atom stereocenters. The third kappa shape index (κ3) is 4.14. The van der Waals surface area contributed by atoms with Crippen molar-refractivity contribution in [3.63, 3.8) is 0 Å². The van der Waals surface area contributed by atoms with E-state index in [0.717, 1.165) is 28.4 Å². The molecule has 0 aliphatic rings. The molecular weight excluding hydrogens is 368 g/mol. The highest BCUT2D eigenvalue weighted by atomic mass is 15.1. The fourth-order valence-corrected chi connectivity index (χ4v) is 3.22. The van der Waals surface area contributed by atoms with Gasteiger partial charge in [0.25, 0.3) is 0 Å². The van der Waals surface area contributed by atoms with E-state index in [9.17, 15) is 0 Å². The number of rotatable bonds is 5. The summed E-state index contributed by atoms with van der Waals surface area (Å²) in [6, 6.07) is 35.3. The normalized spacial score (nSPS) is 9.93. The second kappa shape index (κ2) is 8.65. The molecule has 0 amide bonds. The number of hydrogen-bond donors (Lipinski definition) is 1. The van der Waals surface area contributed by atoms with Crippen molar-refractivity contribution < 1.29 is 0 Å². The van der Waals surface area contributed by atoms with Crippen LogP contribution in [0.5, 0.6) is 0 Å². The van der Waals surface area contributed by atoms with Crippen molar-refractivity contribution in [1.82, 2.24) is 0 Å². The maximum atomic E-state index is 9.14. The van der Waals surface area contributed by atoms with E-state index >= 15 is 0 Å². The van der Waals surface area contributed by atoms with Crippen LogP contribution in [-0.4, -0.2) is 0 Å². The third-order valence-electron chi connectivity index (χ3n) is 4.66. The molecule has 0 heterocycles. The number of anilines is 5. The molecule has 30 heavy (non-hydrogen) atoms. The molecule has 0 saturated carbocycles. The number of nitriles is 1. The SMILES string of the molecule is [C-]#[N+]c1ccc(N(c2ccc(C#N)cc2)c2cccc(Nc3ccccc3)c2)cc1. The zero-order valence-corrected chi connectivity index (χ0v) is 16.2. The van der Waals surface area contributed by atoms with Crippen molar-refractivity contribution in [1.29, 1.82) is 5.26 Å². The van der Waals surface area contributed by atoms with Gasteiger partial charge in [-0.2, -0.15) is 5.26 Å². The molecule has 4 rings (SSSR count). The van der Waals surface area contributed by atoms with Gasteiger partial charge >= 0.3 is 0 Å². The van der Waals surface area contributed by atoms with Gasteiger partial charge in [0.05, 0.1) is 18.2 Å². The van der Waals surface area contributed by atoms with Crippen LogP contribution in [0.1, 0.15) is 5.56 Å². The Kier molecular flexibility index (Phi) is 5.42. The minimum Gasteiger partial charge on any atom is -0.355 e. The van der Waals surface area contributed by atoms with Gasteiger partial charge in [0, 0.05) is 28.4 Å². The summed E-state index contributed by atoms with van der Waals surface area (Å²) in [6.45, 7) is 7.20. The molecule has 4 aromatic rings. The van der Waals surface area contributed by atoms with Crippen LogP contribution in [0.2, 0.25) is 0 Å². The van der Waals surface area contributed by atoms with Crippen LogP contribution in [0, 0.1) is 17.9 Å². The molecule has 4 aromatic carbocycles. The van der Waals surface area contributed by atoms with Crippen LogP contribution in [0.15, 0.2) is 103 Å². The largest absolute Gasteiger partial charge is 0.355 e. The van der Waals surface area contributed by atoms with Crippen LogP contribution in [0.3, 0.4) is 0 Å². The zero-order valence-electron chi connectivity index (χ0n) is 16.2. The minimum absolute atomic E-state index is 0.595. The summed E-state index contributed by atoms with van der Waals surface area (Å²) < 4.78 is 0. The molecule has 0 aromatic heterocycles. The van der Waals surface area contributed by atoms with Crippen LogP contribution in [0.4, 0.5) is 34.1 Å². The Labute approximate surface area is 176 Å². The summed E-state index contributed by atoms with van der Waals surface area (Å²) in [5.74, 6) is 0. The Morgan fingerprint density at radius 2 is 1.33 bits per heavy atom. The molecule has 4 heteroatoms. The highest BCUT2D eigenvalue weighted by Gasteiger charge is 2.13. The molecule has 142 valence electrons. The first-order valence-electron chi connectivity index (χ1n) is 9.47. The first-order valence-corrected chi connectivity index (χ1v) is 9.47.